The van der Waals surface area contributed by atoms with E-state index < -0.39 is 0 Å². The molecule has 4 rings (SSSR count). The summed E-state index contributed by atoms with van der Waals surface area (Å²) >= 11 is 0. The van der Waals surface area contributed by atoms with Crippen molar-refractivity contribution >= 4 is 5.91 Å². The van der Waals surface area contributed by atoms with Gasteiger partial charge >= 0.3 is 0 Å². The van der Waals surface area contributed by atoms with E-state index >= 15 is 0 Å². The molecule has 2 heterocycles. The molecule has 1 N–H and O–H groups in total. The minimum atomic E-state index is 0.135. The summed E-state index contributed by atoms with van der Waals surface area (Å²) in [5, 5.41) is 3.15. The second-order valence-corrected chi connectivity index (χ2v) is 9.82. The molecule has 2 aliphatic heterocycles. The lowest BCUT2D eigenvalue weighted by Gasteiger charge is -2.47. The van der Waals surface area contributed by atoms with E-state index in [9.17, 15) is 4.79 Å². The number of hydrogen-bond donors (Lipinski definition) is 1. The molecular weight excluding hydrogens is 456 g/mol. The number of methoxy groups -OCH3 is 4. The standard InChI is InChI=1S/C29H40N2O5/c1-6-20-18-31-12-10-21-15-27(35-4)28(36-5)17-23(21)24(31)14-22(20)16-29(32)30-11-9-19-7-8-25(33-2)26(13-19)34-3/h7-8,13,15,17,20,22,24H,6,9-12,14,16,18H2,1-5H3,(H,30,32)/t20-,22+,24-/m0/s1. The minimum Gasteiger partial charge on any atom is -0.493 e. The number of carbonyl (C=O) groups is 1. The Hall–Kier alpha value is -2.93. The molecule has 36 heavy (non-hydrogen) atoms. The summed E-state index contributed by atoms with van der Waals surface area (Å²) in [5.74, 6) is 4.01. The number of nitrogens with one attached hydrogen (secondary N) is 1. The van der Waals surface area contributed by atoms with Crippen LogP contribution in [-0.2, 0) is 17.6 Å². The molecule has 1 amide bonds. The second kappa shape index (κ2) is 11.9. The van der Waals surface area contributed by atoms with Gasteiger partial charge in [-0.2, -0.15) is 0 Å². The summed E-state index contributed by atoms with van der Waals surface area (Å²) in [4.78, 5) is 15.6. The normalized spacial score (nSPS) is 21.2. The zero-order valence-electron chi connectivity index (χ0n) is 22.3. The van der Waals surface area contributed by atoms with Crippen LogP contribution >= 0.6 is 0 Å². The lowest BCUT2D eigenvalue weighted by molar-refractivity contribution is -0.123. The van der Waals surface area contributed by atoms with Crippen molar-refractivity contribution < 1.29 is 23.7 Å². The lowest BCUT2D eigenvalue weighted by Crippen LogP contribution is -2.46. The fraction of sp³-hybridized carbons (Fsp3) is 0.552. The molecule has 0 aliphatic carbocycles. The van der Waals surface area contributed by atoms with Gasteiger partial charge in [0, 0.05) is 32.1 Å². The average Bonchev–Trinajstić information content (AvgIpc) is 2.91. The van der Waals surface area contributed by atoms with Crippen LogP contribution in [0.5, 0.6) is 23.0 Å². The molecule has 3 atom stereocenters. The van der Waals surface area contributed by atoms with Crippen LogP contribution in [0.4, 0.5) is 0 Å². The maximum absolute atomic E-state index is 13.0. The zero-order valence-corrected chi connectivity index (χ0v) is 22.3. The summed E-state index contributed by atoms with van der Waals surface area (Å²) in [6.07, 6.45) is 4.41. The number of hydrogen-bond acceptors (Lipinski definition) is 6. The first-order chi connectivity index (χ1) is 17.5. The fourth-order valence-electron chi connectivity index (χ4n) is 5.91. The van der Waals surface area contributed by atoms with Crippen molar-refractivity contribution in [2.45, 2.75) is 45.1 Å². The largest absolute Gasteiger partial charge is 0.493 e. The third-order valence-corrected chi connectivity index (χ3v) is 7.93. The molecule has 0 aromatic heterocycles. The first-order valence-corrected chi connectivity index (χ1v) is 13.0. The van der Waals surface area contributed by atoms with Crippen LogP contribution in [0.2, 0.25) is 0 Å². The number of ether oxygens (including phenoxy) is 4. The summed E-state index contributed by atoms with van der Waals surface area (Å²) < 4.78 is 21.8. The Bertz CT molecular complexity index is 1060. The Labute approximate surface area is 215 Å². The Morgan fingerprint density at radius 1 is 0.944 bits per heavy atom. The third-order valence-electron chi connectivity index (χ3n) is 7.93. The number of rotatable bonds is 10. The van der Waals surface area contributed by atoms with Gasteiger partial charge in [0.2, 0.25) is 5.91 Å². The average molecular weight is 497 g/mol. The number of fused-ring (bicyclic) bond motifs is 3. The van der Waals surface area contributed by atoms with Crippen LogP contribution in [0.15, 0.2) is 30.3 Å². The van der Waals surface area contributed by atoms with Crippen LogP contribution in [0.25, 0.3) is 0 Å². The highest BCUT2D eigenvalue weighted by molar-refractivity contribution is 5.76. The molecule has 2 aromatic rings. The maximum atomic E-state index is 13.0. The van der Waals surface area contributed by atoms with Crippen molar-refractivity contribution in [1.29, 1.82) is 0 Å². The molecule has 7 nitrogen and oxygen atoms in total. The monoisotopic (exact) mass is 496 g/mol. The highest BCUT2D eigenvalue weighted by Crippen LogP contribution is 2.45. The van der Waals surface area contributed by atoms with E-state index in [0.29, 0.717) is 42.3 Å². The number of nitrogens with zero attached hydrogens (tertiary/aromatic N) is 1. The molecule has 0 radical (unpaired) electrons. The van der Waals surface area contributed by atoms with E-state index in [-0.39, 0.29) is 5.91 Å². The summed E-state index contributed by atoms with van der Waals surface area (Å²) in [6, 6.07) is 10.5. The quantitative estimate of drug-likeness (QED) is 0.525. The fourth-order valence-corrected chi connectivity index (χ4v) is 5.91. The SMILES string of the molecule is CC[C@H]1CN2CCc3cc(OC)c(OC)cc3[C@@H]2C[C@@H]1CC(=O)NCCc1ccc(OC)c(OC)c1. The Morgan fingerprint density at radius 3 is 2.33 bits per heavy atom. The Balaban J connectivity index is 1.39. The smallest absolute Gasteiger partial charge is 0.220 e. The van der Waals surface area contributed by atoms with Gasteiger partial charge in [0.15, 0.2) is 23.0 Å². The van der Waals surface area contributed by atoms with Gasteiger partial charge in [-0.1, -0.05) is 19.4 Å². The predicted octanol–water partition coefficient (Wildman–Crippen LogP) is 4.42. The molecule has 0 spiro atoms. The van der Waals surface area contributed by atoms with Crippen molar-refractivity contribution in [1.82, 2.24) is 10.2 Å². The molecule has 0 unspecified atom stereocenters. The van der Waals surface area contributed by atoms with E-state index in [1.54, 1.807) is 28.4 Å². The highest BCUT2D eigenvalue weighted by atomic mass is 16.5. The molecule has 2 aromatic carbocycles. The van der Waals surface area contributed by atoms with E-state index in [4.69, 9.17) is 18.9 Å². The summed E-state index contributed by atoms with van der Waals surface area (Å²) in [6.45, 7) is 4.94. The van der Waals surface area contributed by atoms with Gasteiger partial charge in [-0.25, -0.2) is 0 Å². The molecule has 7 heteroatoms. The lowest BCUT2D eigenvalue weighted by atomic mass is 9.74. The number of amides is 1. The topological polar surface area (TPSA) is 69.3 Å². The number of carbonyl (C=O) groups excluding carboxylic acids is 1. The van der Waals surface area contributed by atoms with Crippen LogP contribution in [0.3, 0.4) is 0 Å². The van der Waals surface area contributed by atoms with Crippen LogP contribution in [-0.4, -0.2) is 58.9 Å². The first-order valence-electron chi connectivity index (χ1n) is 13.0. The molecule has 0 saturated carbocycles. The van der Waals surface area contributed by atoms with Crippen LogP contribution < -0.4 is 24.3 Å². The van der Waals surface area contributed by atoms with Crippen molar-refractivity contribution in [3.8, 4) is 23.0 Å². The van der Waals surface area contributed by atoms with Gasteiger partial charge in [0.25, 0.3) is 0 Å². The van der Waals surface area contributed by atoms with E-state index in [1.807, 2.05) is 18.2 Å². The number of benzene rings is 2. The van der Waals surface area contributed by atoms with E-state index in [1.165, 1.54) is 11.1 Å². The molecule has 1 fully saturated rings. The Kier molecular flexibility index (Phi) is 8.62. The van der Waals surface area contributed by atoms with Gasteiger partial charge < -0.3 is 24.3 Å². The molecule has 0 bridgehead atoms. The van der Waals surface area contributed by atoms with Gasteiger partial charge in [0.1, 0.15) is 0 Å². The summed E-state index contributed by atoms with van der Waals surface area (Å²) in [5.41, 5.74) is 3.77. The minimum absolute atomic E-state index is 0.135. The second-order valence-electron chi connectivity index (χ2n) is 9.82. The van der Waals surface area contributed by atoms with Crippen molar-refractivity contribution in [3.63, 3.8) is 0 Å². The zero-order chi connectivity index (χ0) is 25.7. The van der Waals surface area contributed by atoms with Gasteiger partial charge in [0.05, 0.1) is 28.4 Å². The highest BCUT2D eigenvalue weighted by Gasteiger charge is 2.39. The van der Waals surface area contributed by atoms with Crippen molar-refractivity contribution in [2.24, 2.45) is 11.8 Å². The predicted molar refractivity (Wildman–Crippen MR) is 140 cm³/mol. The third kappa shape index (κ3) is 5.56. The van der Waals surface area contributed by atoms with Crippen molar-refractivity contribution in [2.75, 3.05) is 48.1 Å². The van der Waals surface area contributed by atoms with E-state index in [2.05, 4.69) is 29.3 Å². The van der Waals surface area contributed by atoms with Gasteiger partial charge in [-0.15, -0.1) is 0 Å². The van der Waals surface area contributed by atoms with Crippen molar-refractivity contribution in [3.05, 3.63) is 47.0 Å². The molecule has 2 aliphatic rings. The van der Waals surface area contributed by atoms with Gasteiger partial charge in [-0.05, 0) is 72.1 Å². The molecule has 1 saturated heterocycles. The van der Waals surface area contributed by atoms with Crippen LogP contribution in [0, 0.1) is 11.8 Å². The molecule has 196 valence electrons. The summed E-state index contributed by atoms with van der Waals surface area (Å²) in [7, 11) is 6.64. The number of piperidine rings is 1. The van der Waals surface area contributed by atoms with E-state index in [0.717, 1.165) is 55.8 Å². The van der Waals surface area contributed by atoms with Gasteiger partial charge in [-0.3, -0.25) is 9.69 Å². The van der Waals surface area contributed by atoms with Crippen LogP contribution in [0.1, 0.15) is 48.9 Å². The Morgan fingerprint density at radius 2 is 1.64 bits per heavy atom. The molecular formula is C29H40N2O5. The maximum Gasteiger partial charge on any atom is 0.220 e. The first kappa shape index (κ1) is 26.1.